The summed E-state index contributed by atoms with van der Waals surface area (Å²) in [5.74, 6) is -0.112. The van der Waals surface area contributed by atoms with Crippen molar-refractivity contribution in [3.05, 3.63) is 28.4 Å². The molecule has 1 fully saturated rings. The monoisotopic (exact) mass is 250 g/mol. The number of nitro groups is 1. The summed E-state index contributed by atoms with van der Waals surface area (Å²) in [4.78, 5) is 13.8. The molecule has 0 amide bonds. The third-order valence-electron chi connectivity index (χ3n) is 3.44. The van der Waals surface area contributed by atoms with Crippen LogP contribution in [0, 0.1) is 10.1 Å². The topological polar surface area (TPSA) is 80.1 Å². The average Bonchev–Trinajstić information content (AvgIpc) is 2.40. The molecule has 1 aromatic rings. The number of anilines is 1. The van der Waals surface area contributed by atoms with Gasteiger partial charge in [-0.3, -0.25) is 0 Å². The Kier molecular flexibility index (Phi) is 4.09. The van der Waals surface area contributed by atoms with E-state index in [2.05, 4.69) is 15.6 Å². The fourth-order valence-electron chi connectivity index (χ4n) is 2.34. The van der Waals surface area contributed by atoms with Crippen LogP contribution in [0.3, 0.4) is 0 Å². The van der Waals surface area contributed by atoms with Gasteiger partial charge in [0.05, 0.1) is 5.69 Å². The molecule has 6 heteroatoms. The van der Waals surface area contributed by atoms with Gasteiger partial charge in [0.1, 0.15) is 0 Å². The van der Waals surface area contributed by atoms with Gasteiger partial charge in [-0.25, -0.2) is 0 Å². The Balaban J connectivity index is 1.88. The Hall–Kier alpha value is -1.69. The molecule has 0 atom stereocenters. The molecule has 1 aromatic heterocycles. The molecule has 18 heavy (non-hydrogen) atoms. The Labute approximate surface area is 106 Å². The first-order valence-corrected chi connectivity index (χ1v) is 6.23. The molecule has 98 valence electrons. The Morgan fingerprint density at radius 2 is 1.94 bits per heavy atom. The average molecular weight is 250 g/mol. The standard InChI is InChI=1S/C12H18N4O2/c1-13-9-2-4-10(5-3-9)15-11-6-7-12(14-8-11)16(17)18/h6-10,13,15H,2-5H2,1H3. The molecule has 1 heterocycles. The van der Waals surface area contributed by atoms with E-state index in [4.69, 9.17) is 0 Å². The number of aromatic nitrogens is 1. The predicted molar refractivity (Wildman–Crippen MR) is 69.6 cm³/mol. The largest absolute Gasteiger partial charge is 0.379 e. The molecule has 0 spiro atoms. The van der Waals surface area contributed by atoms with Crippen molar-refractivity contribution < 1.29 is 4.92 Å². The highest BCUT2D eigenvalue weighted by Gasteiger charge is 2.20. The first kappa shape index (κ1) is 12.8. The van der Waals surface area contributed by atoms with E-state index in [0.717, 1.165) is 31.4 Å². The van der Waals surface area contributed by atoms with E-state index in [1.54, 1.807) is 6.07 Å². The van der Waals surface area contributed by atoms with Gasteiger partial charge in [0.2, 0.25) is 0 Å². The molecule has 0 aromatic carbocycles. The smallest absolute Gasteiger partial charge is 0.363 e. The van der Waals surface area contributed by atoms with Gasteiger partial charge < -0.3 is 20.7 Å². The zero-order valence-corrected chi connectivity index (χ0v) is 10.4. The molecule has 2 N–H and O–H groups in total. The minimum atomic E-state index is -0.484. The van der Waals surface area contributed by atoms with Crippen molar-refractivity contribution in [1.82, 2.24) is 10.3 Å². The van der Waals surface area contributed by atoms with Crippen LogP contribution in [-0.2, 0) is 0 Å². The maximum Gasteiger partial charge on any atom is 0.363 e. The minimum Gasteiger partial charge on any atom is -0.379 e. The van der Waals surface area contributed by atoms with E-state index >= 15 is 0 Å². The Morgan fingerprint density at radius 1 is 1.28 bits per heavy atom. The van der Waals surface area contributed by atoms with Gasteiger partial charge in [0.15, 0.2) is 6.20 Å². The molecule has 1 aliphatic rings. The number of pyridine rings is 1. The Morgan fingerprint density at radius 3 is 2.44 bits per heavy atom. The summed E-state index contributed by atoms with van der Waals surface area (Å²) in [5.41, 5.74) is 0.855. The second kappa shape index (κ2) is 5.77. The fourth-order valence-corrected chi connectivity index (χ4v) is 2.34. The van der Waals surface area contributed by atoms with E-state index < -0.39 is 4.92 Å². The number of rotatable bonds is 4. The minimum absolute atomic E-state index is 0.112. The van der Waals surface area contributed by atoms with Crippen LogP contribution in [0.25, 0.3) is 0 Å². The highest BCUT2D eigenvalue weighted by molar-refractivity contribution is 5.44. The number of hydrogen-bond acceptors (Lipinski definition) is 5. The van der Waals surface area contributed by atoms with Crippen LogP contribution in [-0.4, -0.2) is 29.0 Å². The van der Waals surface area contributed by atoms with Crippen LogP contribution >= 0.6 is 0 Å². The van der Waals surface area contributed by atoms with E-state index in [9.17, 15) is 10.1 Å². The third-order valence-corrected chi connectivity index (χ3v) is 3.44. The van der Waals surface area contributed by atoms with E-state index in [-0.39, 0.29) is 5.82 Å². The van der Waals surface area contributed by atoms with Gasteiger partial charge in [-0.1, -0.05) is 0 Å². The zero-order chi connectivity index (χ0) is 13.0. The van der Waals surface area contributed by atoms with Crippen molar-refractivity contribution in [2.24, 2.45) is 0 Å². The van der Waals surface area contributed by atoms with Gasteiger partial charge in [-0.15, -0.1) is 0 Å². The van der Waals surface area contributed by atoms with Crippen LogP contribution in [0.1, 0.15) is 25.7 Å². The molecule has 0 unspecified atom stereocenters. The summed E-state index contributed by atoms with van der Waals surface area (Å²) in [7, 11) is 2.00. The molecule has 0 radical (unpaired) electrons. The lowest BCUT2D eigenvalue weighted by molar-refractivity contribution is -0.389. The summed E-state index contributed by atoms with van der Waals surface area (Å²) in [5, 5.41) is 17.2. The van der Waals surface area contributed by atoms with Crippen molar-refractivity contribution in [3.8, 4) is 0 Å². The third kappa shape index (κ3) is 3.16. The van der Waals surface area contributed by atoms with Crippen LogP contribution in [0.2, 0.25) is 0 Å². The maximum atomic E-state index is 10.5. The summed E-state index contributed by atoms with van der Waals surface area (Å²) >= 11 is 0. The van der Waals surface area contributed by atoms with E-state index in [0.29, 0.717) is 12.1 Å². The summed E-state index contributed by atoms with van der Waals surface area (Å²) in [6.45, 7) is 0. The fraction of sp³-hybridized carbons (Fsp3) is 0.583. The van der Waals surface area contributed by atoms with Crippen LogP contribution in [0.15, 0.2) is 18.3 Å². The number of nitrogens with zero attached hydrogens (tertiary/aromatic N) is 2. The molecule has 6 nitrogen and oxygen atoms in total. The van der Waals surface area contributed by atoms with Gasteiger partial charge in [0.25, 0.3) is 0 Å². The molecule has 0 aliphatic heterocycles. The second-order valence-corrected chi connectivity index (χ2v) is 4.64. The highest BCUT2D eigenvalue weighted by Crippen LogP contribution is 2.22. The maximum absolute atomic E-state index is 10.5. The quantitative estimate of drug-likeness (QED) is 0.630. The van der Waals surface area contributed by atoms with Crippen molar-refractivity contribution >= 4 is 11.5 Å². The van der Waals surface area contributed by atoms with Crippen molar-refractivity contribution in [3.63, 3.8) is 0 Å². The lowest BCUT2D eigenvalue weighted by atomic mass is 9.91. The van der Waals surface area contributed by atoms with Crippen LogP contribution in [0.5, 0.6) is 0 Å². The van der Waals surface area contributed by atoms with Gasteiger partial charge in [-0.05, 0) is 48.7 Å². The number of nitrogens with one attached hydrogen (secondary N) is 2. The zero-order valence-electron chi connectivity index (χ0n) is 10.4. The summed E-state index contributed by atoms with van der Waals surface area (Å²) in [6, 6.07) is 4.22. The SMILES string of the molecule is CNC1CCC(Nc2ccc([N+](=O)[O-])nc2)CC1. The molecule has 1 saturated carbocycles. The second-order valence-electron chi connectivity index (χ2n) is 4.64. The molecule has 0 saturated heterocycles. The molecular formula is C12H18N4O2. The molecule has 1 aliphatic carbocycles. The Bertz CT molecular complexity index is 399. The highest BCUT2D eigenvalue weighted by atomic mass is 16.6. The summed E-state index contributed by atoms with van der Waals surface area (Å²) < 4.78 is 0. The lowest BCUT2D eigenvalue weighted by Crippen LogP contribution is -2.34. The molecule has 2 rings (SSSR count). The van der Waals surface area contributed by atoms with Crippen molar-refractivity contribution in [2.45, 2.75) is 37.8 Å². The van der Waals surface area contributed by atoms with E-state index in [1.807, 2.05) is 7.05 Å². The molecule has 0 bridgehead atoms. The first-order chi connectivity index (χ1) is 8.69. The van der Waals surface area contributed by atoms with E-state index in [1.165, 1.54) is 12.3 Å². The summed E-state index contributed by atoms with van der Waals surface area (Å²) in [6.07, 6.45) is 6.08. The van der Waals surface area contributed by atoms with Crippen LogP contribution < -0.4 is 10.6 Å². The predicted octanol–water partition coefficient (Wildman–Crippen LogP) is 1.93. The molecular weight excluding hydrogens is 232 g/mol. The van der Waals surface area contributed by atoms with Crippen molar-refractivity contribution in [1.29, 1.82) is 0 Å². The number of hydrogen-bond donors (Lipinski definition) is 2. The van der Waals surface area contributed by atoms with Gasteiger partial charge in [0, 0.05) is 18.2 Å². The van der Waals surface area contributed by atoms with Crippen molar-refractivity contribution in [2.75, 3.05) is 12.4 Å². The van der Waals surface area contributed by atoms with Gasteiger partial charge in [-0.2, -0.15) is 0 Å². The van der Waals surface area contributed by atoms with Crippen LogP contribution in [0.4, 0.5) is 11.5 Å². The normalized spacial score (nSPS) is 23.6. The first-order valence-electron chi connectivity index (χ1n) is 6.23. The van der Waals surface area contributed by atoms with Gasteiger partial charge >= 0.3 is 5.82 Å². The lowest BCUT2D eigenvalue weighted by Gasteiger charge is -2.29.